The van der Waals surface area contributed by atoms with Gasteiger partial charge in [-0.15, -0.1) is 0 Å². The number of benzene rings is 2. The Kier molecular flexibility index (Phi) is 5.83. The number of hydrogen-bond acceptors (Lipinski definition) is 4. The van der Waals surface area contributed by atoms with Crippen LogP contribution in [0.3, 0.4) is 0 Å². The molecule has 0 aliphatic rings. The first-order valence-corrected chi connectivity index (χ1v) is 8.35. The van der Waals surface area contributed by atoms with Gasteiger partial charge in [-0.25, -0.2) is 4.79 Å². The normalized spacial score (nSPS) is 10.9. The Morgan fingerprint density at radius 1 is 1.12 bits per heavy atom. The third kappa shape index (κ3) is 4.83. The van der Waals surface area contributed by atoms with Crippen LogP contribution in [-0.4, -0.2) is 12.6 Å². The Balaban J connectivity index is 1.44. The summed E-state index contributed by atoms with van der Waals surface area (Å²) >= 11 is 0. The molecule has 5 nitrogen and oxygen atoms in total. The van der Waals surface area contributed by atoms with Crippen molar-refractivity contribution in [3.8, 4) is 0 Å². The molecule has 1 aromatic heterocycles. The van der Waals surface area contributed by atoms with Crippen molar-refractivity contribution in [2.24, 2.45) is 0 Å². The highest BCUT2D eigenvalue weighted by Gasteiger charge is 2.01. The van der Waals surface area contributed by atoms with Gasteiger partial charge in [0.1, 0.15) is 12.2 Å². The van der Waals surface area contributed by atoms with E-state index in [0.29, 0.717) is 23.9 Å². The minimum absolute atomic E-state index is 0.0654. The van der Waals surface area contributed by atoms with Crippen molar-refractivity contribution in [1.82, 2.24) is 5.32 Å². The van der Waals surface area contributed by atoms with Crippen molar-refractivity contribution in [3.05, 3.63) is 88.3 Å². The number of nitrogens with one attached hydrogen (secondary N) is 1. The molecule has 1 heterocycles. The van der Waals surface area contributed by atoms with E-state index in [1.165, 1.54) is 12.3 Å². The molecule has 26 heavy (non-hydrogen) atoms. The first kappa shape index (κ1) is 17.5. The van der Waals surface area contributed by atoms with Gasteiger partial charge in [-0.05, 0) is 29.7 Å². The van der Waals surface area contributed by atoms with E-state index < -0.39 is 6.09 Å². The average Bonchev–Trinajstić information content (AvgIpc) is 2.67. The van der Waals surface area contributed by atoms with E-state index in [9.17, 15) is 9.59 Å². The van der Waals surface area contributed by atoms with Crippen LogP contribution in [0.2, 0.25) is 0 Å². The van der Waals surface area contributed by atoms with Crippen LogP contribution in [0.1, 0.15) is 17.5 Å². The van der Waals surface area contributed by atoms with Crippen LogP contribution < -0.4 is 10.7 Å². The largest absolute Gasteiger partial charge is 0.464 e. The summed E-state index contributed by atoms with van der Waals surface area (Å²) in [7, 11) is 0. The fraction of sp³-hybridized carbons (Fsp3) is 0.143. The molecule has 1 N–H and O–H groups in total. The molecule has 0 saturated carbocycles. The molecule has 0 bridgehead atoms. The molecule has 0 radical (unpaired) electrons. The van der Waals surface area contributed by atoms with Crippen molar-refractivity contribution < 1.29 is 13.9 Å². The highest BCUT2D eigenvalue weighted by atomic mass is 16.5. The average molecular weight is 349 g/mol. The molecule has 0 spiro atoms. The minimum atomic E-state index is -0.439. The number of carbonyl (C=O) groups is 1. The van der Waals surface area contributed by atoms with Crippen LogP contribution in [0.5, 0.6) is 0 Å². The summed E-state index contributed by atoms with van der Waals surface area (Å²) < 4.78 is 10.4. The first-order chi connectivity index (χ1) is 12.7. The maximum Gasteiger partial charge on any atom is 0.407 e. The zero-order valence-electron chi connectivity index (χ0n) is 14.2. The number of hydrogen-bond donors (Lipinski definition) is 1. The van der Waals surface area contributed by atoms with E-state index in [-0.39, 0.29) is 12.0 Å². The number of fused-ring (bicyclic) bond motifs is 1. The topological polar surface area (TPSA) is 68.5 Å². The summed E-state index contributed by atoms with van der Waals surface area (Å²) in [4.78, 5) is 23.4. The van der Waals surface area contributed by atoms with Crippen LogP contribution in [-0.2, 0) is 11.3 Å². The van der Waals surface area contributed by atoms with E-state index in [1.807, 2.05) is 48.6 Å². The number of ether oxygens (including phenoxy) is 1. The molecule has 132 valence electrons. The van der Waals surface area contributed by atoms with E-state index in [4.69, 9.17) is 9.15 Å². The molecule has 3 aromatic rings. The minimum Gasteiger partial charge on any atom is -0.464 e. The van der Waals surface area contributed by atoms with Crippen LogP contribution in [0, 0.1) is 0 Å². The highest BCUT2D eigenvalue weighted by Crippen LogP contribution is 2.13. The van der Waals surface area contributed by atoms with Crippen molar-refractivity contribution in [1.29, 1.82) is 0 Å². The molecular formula is C21H19NO4. The van der Waals surface area contributed by atoms with E-state index in [0.717, 1.165) is 11.1 Å². The second-order valence-electron chi connectivity index (χ2n) is 5.72. The number of rotatable bonds is 6. The molecule has 0 aliphatic carbocycles. The summed E-state index contributed by atoms with van der Waals surface area (Å²) in [5, 5.41) is 3.25. The predicted molar refractivity (Wildman–Crippen MR) is 101 cm³/mol. The summed E-state index contributed by atoms with van der Waals surface area (Å²) in [6, 6.07) is 16.4. The lowest BCUT2D eigenvalue weighted by Crippen LogP contribution is -2.24. The molecule has 1 amide bonds. The van der Waals surface area contributed by atoms with Crippen molar-refractivity contribution in [3.63, 3.8) is 0 Å². The van der Waals surface area contributed by atoms with Gasteiger partial charge in [-0.2, -0.15) is 0 Å². The maximum atomic E-state index is 11.8. The van der Waals surface area contributed by atoms with Gasteiger partial charge >= 0.3 is 6.09 Å². The van der Waals surface area contributed by atoms with Crippen molar-refractivity contribution in [2.45, 2.75) is 13.0 Å². The third-order valence-electron chi connectivity index (χ3n) is 3.79. The summed E-state index contributed by atoms with van der Waals surface area (Å²) in [6.07, 6.45) is 5.45. The Hall–Kier alpha value is -3.34. The van der Waals surface area contributed by atoms with Gasteiger partial charge in [0.2, 0.25) is 0 Å². The zero-order chi connectivity index (χ0) is 18.2. The lowest BCUT2D eigenvalue weighted by molar-refractivity contribution is 0.140. The monoisotopic (exact) mass is 349 g/mol. The highest BCUT2D eigenvalue weighted by molar-refractivity contribution is 5.79. The molecule has 0 fully saturated rings. The van der Waals surface area contributed by atoms with Crippen LogP contribution in [0.25, 0.3) is 17.0 Å². The quantitative estimate of drug-likeness (QED) is 0.680. The smallest absolute Gasteiger partial charge is 0.407 e. The number of amides is 1. The SMILES string of the molecule is O=C(NCCC=Cc1ccc2occc(=O)c2c1)OCc1ccccc1. The lowest BCUT2D eigenvalue weighted by Gasteiger charge is -2.05. The standard InChI is InChI=1S/C21H19NO4/c23-19-11-13-25-20-10-9-16(14-18(19)20)6-4-5-12-22-21(24)26-15-17-7-2-1-3-8-17/h1-4,6-11,13-14H,5,12,15H2,(H,22,24). The van der Waals surface area contributed by atoms with E-state index in [2.05, 4.69) is 5.32 Å². The van der Waals surface area contributed by atoms with Crippen molar-refractivity contribution in [2.75, 3.05) is 6.54 Å². The van der Waals surface area contributed by atoms with E-state index >= 15 is 0 Å². The summed E-state index contributed by atoms with van der Waals surface area (Å²) in [5.74, 6) is 0. The summed E-state index contributed by atoms with van der Waals surface area (Å²) in [6.45, 7) is 0.724. The molecule has 0 aliphatic heterocycles. The Morgan fingerprint density at radius 2 is 1.96 bits per heavy atom. The van der Waals surface area contributed by atoms with Gasteiger partial charge in [0.05, 0.1) is 11.6 Å². The third-order valence-corrected chi connectivity index (χ3v) is 3.79. The second kappa shape index (κ2) is 8.67. The van der Waals surface area contributed by atoms with Gasteiger partial charge < -0.3 is 14.5 Å². The fourth-order valence-electron chi connectivity index (χ4n) is 2.46. The number of alkyl carbamates (subject to hydrolysis) is 1. The fourth-order valence-corrected chi connectivity index (χ4v) is 2.46. The molecule has 3 rings (SSSR count). The van der Waals surface area contributed by atoms with Gasteiger partial charge in [0.15, 0.2) is 5.43 Å². The van der Waals surface area contributed by atoms with Crippen LogP contribution in [0.4, 0.5) is 4.79 Å². The Morgan fingerprint density at radius 3 is 2.81 bits per heavy atom. The van der Waals surface area contributed by atoms with Gasteiger partial charge in [-0.1, -0.05) is 48.6 Å². The van der Waals surface area contributed by atoms with Gasteiger partial charge in [0, 0.05) is 12.6 Å². The molecule has 2 aromatic carbocycles. The van der Waals surface area contributed by atoms with Crippen LogP contribution >= 0.6 is 0 Å². The Labute approximate surface area is 150 Å². The lowest BCUT2D eigenvalue weighted by atomic mass is 10.1. The predicted octanol–water partition coefficient (Wildman–Crippen LogP) is 4.12. The second-order valence-corrected chi connectivity index (χ2v) is 5.72. The van der Waals surface area contributed by atoms with Crippen LogP contribution in [0.15, 0.2) is 76.1 Å². The number of carbonyl (C=O) groups excluding carboxylic acids is 1. The maximum absolute atomic E-state index is 11.8. The van der Waals surface area contributed by atoms with Crippen molar-refractivity contribution >= 4 is 23.1 Å². The molecule has 0 unspecified atom stereocenters. The van der Waals surface area contributed by atoms with E-state index in [1.54, 1.807) is 12.1 Å². The van der Waals surface area contributed by atoms with Gasteiger partial charge in [0.25, 0.3) is 0 Å². The Bertz CT molecular complexity index is 960. The molecule has 0 saturated heterocycles. The first-order valence-electron chi connectivity index (χ1n) is 8.35. The molecular weight excluding hydrogens is 330 g/mol. The summed E-state index contributed by atoms with van der Waals surface area (Å²) in [5.41, 5.74) is 2.35. The molecule has 5 heteroatoms. The molecule has 0 atom stereocenters. The zero-order valence-corrected chi connectivity index (χ0v) is 14.2. The van der Waals surface area contributed by atoms with Gasteiger partial charge in [-0.3, -0.25) is 4.79 Å².